The lowest BCUT2D eigenvalue weighted by atomic mass is 10.1. The van der Waals surface area contributed by atoms with Gasteiger partial charge >= 0.3 is 0 Å². The second-order valence-electron chi connectivity index (χ2n) is 7.48. The molecule has 1 aliphatic rings. The monoisotopic (exact) mass is 471 g/mol. The van der Waals surface area contributed by atoms with E-state index in [9.17, 15) is 14.4 Å². The molecule has 0 unspecified atom stereocenters. The molecule has 0 atom stereocenters. The predicted molar refractivity (Wildman–Crippen MR) is 119 cm³/mol. The standard InChI is InChI=1S/C23H26BrN3O3/c1-26(16-17-7-3-2-4-8-17)13-6-12-25-21(28)9-5-14-27-22(29)19-11-10-18(24)15-20(19)23(27)30/h2-4,7-8,10-11,15H,5-6,9,12-14,16H2,1H3,(H,25,28). The number of carbonyl (C=O) groups is 3. The van der Waals surface area contributed by atoms with Gasteiger partial charge in [0.2, 0.25) is 5.91 Å². The number of halogens is 1. The molecule has 0 saturated carbocycles. The van der Waals surface area contributed by atoms with E-state index in [1.165, 1.54) is 10.5 Å². The summed E-state index contributed by atoms with van der Waals surface area (Å²) in [6.07, 6.45) is 1.60. The summed E-state index contributed by atoms with van der Waals surface area (Å²) in [5.41, 5.74) is 2.11. The predicted octanol–water partition coefficient (Wildman–Crippen LogP) is 3.46. The number of hydrogen-bond acceptors (Lipinski definition) is 4. The van der Waals surface area contributed by atoms with Gasteiger partial charge in [0.25, 0.3) is 11.8 Å². The van der Waals surface area contributed by atoms with Crippen LogP contribution in [0.2, 0.25) is 0 Å². The number of benzene rings is 2. The summed E-state index contributed by atoms with van der Waals surface area (Å²) >= 11 is 3.32. The van der Waals surface area contributed by atoms with Crippen LogP contribution in [0, 0.1) is 0 Å². The van der Waals surface area contributed by atoms with Gasteiger partial charge in [0.05, 0.1) is 11.1 Å². The van der Waals surface area contributed by atoms with Crippen LogP contribution in [0.1, 0.15) is 45.5 Å². The Bertz CT molecular complexity index is 917. The highest BCUT2D eigenvalue weighted by Gasteiger charge is 2.35. The van der Waals surface area contributed by atoms with Crippen LogP contribution < -0.4 is 5.32 Å². The van der Waals surface area contributed by atoms with Crippen molar-refractivity contribution < 1.29 is 14.4 Å². The molecule has 158 valence electrons. The van der Waals surface area contributed by atoms with E-state index in [0.717, 1.165) is 24.0 Å². The number of nitrogens with zero attached hydrogens (tertiary/aromatic N) is 2. The van der Waals surface area contributed by atoms with E-state index in [-0.39, 0.29) is 30.7 Å². The first-order valence-electron chi connectivity index (χ1n) is 10.1. The van der Waals surface area contributed by atoms with Crippen LogP contribution in [0.25, 0.3) is 0 Å². The van der Waals surface area contributed by atoms with Crippen LogP contribution in [0.5, 0.6) is 0 Å². The number of fused-ring (bicyclic) bond motifs is 1. The molecular formula is C23H26BrN3O3. The molecule has 0 bridgehead atoms. The van der Waals surface area contributed by atoms with Gasteiger partial charge < -0.3 is 10.2 Å². The Morgan fingerprint density at radius 2 is 1.77 bits per heavy atom. The number of nitrogens with one attached hydrogen (secondary N) is 1. The zero-order valence-corrected chi connectivity index (χ0v) is 18.7. The third kappa shape index (κ3) is 5.77. The molecule has 0 radical (unpaired) electrons. The average Bonchev–Trinajstić information content (AvgIpc) is 2.96. The molecule has 0 saturated heterocycles. The molecule has 2 aromatic carbocycles. The normalized spacial score (nSPS) is 13.1. The van der Waals surface area contributed by atoms with E-state index in [4.69, 9.17) is 0 Å². The van der Waals surface area contributed by atoms with Crippen molar-refractivity contribution >= 4 is 33.7 Å². The topological polar surface area (TPSA) is 69.7 Å². The van der Waals surface area contributed by atoms with Gasteiger partial charge in [0.15, 0.2) is 0 Å². The maximum atomic E-state index is 12.4. The van der Waals surface area contributed by atoms with E-state index in [2.05, 4.69) is 45.3 Å². The second kappa shape index (κ2) is 10.5. The fraction of sp³-hybridized carbons (Fsp3) is 0.348. The van der Waals surface area contributed by atoms with Crippen molar-refractivity contribution in [3.8, 4) is 0 Å². The lowest BCUT2D eigenvalue weighted by Gasteiger charge is -2.17. The Morgan fingerprint density at radius 3 is 2.53 bits per heavy atom. The van der Waals surface area contributed by atoms with Crippen molar-refractivity contribution in [3.63, 3.8) is 0 Å². The zero-order chi connectivity index (χ0) is 21.5. The highest BCUT2D eigenvalue weighted by Crippen LogP contribution is 2.26. The Labute approximate surface area is 185 Å². The van der Waals surface area contributed by atoms with Gasteiger partial charge in [-0.1, -0.05) is 46.3 Å². The minimum atomic E-state index is -0.293. The Hall–Kier alpha value is -2.51. The van der Waals surface area contributed by atoms with Crippen molar-refractivity contribution in [2.24, 2.45) is 0 Å². The SMILES string of the molecule is CN(CCCNC(=O)CCCN1C(=O)c2ccc(Br)cc2C1=O)Cc1ccccc1. The summed E-state index contributed by atoms with van der Waals surface area (Å²) in [5.74, 6) is -0.636. The van der Waals surface area contributed by atoms with Crippen LogP contribution in [-0.2, 0) is 11.3 Å². The molecule has 1 N–H and O–H groups in total. The van der Waals surface area contributed by atoms with Gasteiger partial charge in [-0.25, -0.2) is 0 Å². The number of rotatable bonds is 10. The number of hydrogen-bond donors (Lipinski definition) is 1. The van der Waals surface area contributed by atoms with E-state index in [0.29, 0.717) is 24.1 Å². The average molecular weight is 472 g/mol. The van der Waals surface area contributed by atoms with Gasteiger partial charge in [0, 0.05) is 30.5 Å². The first kappa shape index (κ1) is 22.2. The summed E-state index contributed by atoms with van der Waals surface area (Å²) in [6, 6.07) is 15.3. The maximum absolute atomic E-state index is 12.4. The second-order valence-corrected chi connectivity index (χ2v) is 8.40. The smallest absolute Gasteiger partial charge is 0.261 e. The van der Waals surface area contributed by atoms with Crippen molar-refractivity contribution in [2.75, 3.05) is 26.7 Å². The van der Waals surface area contributed by atoms with Crippen molar-refractivity contribution in [2.45, 2.75) is 25.8 Å². The summed E-state index contributed by atoms with van der Waals surface area (Å²) < 4.78 is 0.762. The van der Waals surface area contributed by atoms with Gasteiger partial charge in [-0.15, -0.1) is 0 Å². The van der Waals surface area contributed by atoms with Crippen LogP contribution in [-0.4, -0.2) is 54.2 Å². The fourth-order valence-electron chi connectivity index (χ4n) is 3.50. The zero-order valence-electron chi connectivity index (χ0n) is 17.1. The van der Waals surface area contributed by atoms with Gasteiger partial charge in [0.1, 0.15) is 0 Å². The number of carbonyl (C=O) groups excluding carboxylic acids is 3. The van der Waals surface area contributed by atoms with Gasteiger partial charge in [-0.2, -0.15) is 0 Å². The quantitative estimate of drug-likeness (QED) is 0.425. The van der Waals surface area contributed by atoms with Crippen LogP contribution in [0.3, 0.4) is 0 Å². The lowest BCUT2D eigenvalue weighted by molar-refractivity contribution is -0.121. The van der Waals surface area contributed by atoms with Crippen molar-refractivity contribution in [3.05, 3.63) is 69.7 Å². The largest absolute Gasteiger partial charge is 0.356 e. The Morgan fingerprint density at radius 1 is 1.03 bits per heavy atom. The van der Waals surface area contributed by atoms with Gasteiger partial charge in [-0.05, 0) is 50.2 Å². The minimum Gasteiger partial charge on any atom is -0.356 e. The fourth-order valence-corrected chi connectivity index (χ4v) is 3.86. The molecule has 0 aliphatic carbocycles. The van der Waals surface area contributed by atoms with Crippen LogP contribution in [0.4, 0.5) is 0 Å². The maximum Gasteiger partial charge on any atom is 0.261 e. The van der Waals surface area contributed by atoms with Crippen molar-refractivity contribution in [1.29, 1.82) is 0 Å². The molecule has 0 spiro atoms. The summed E-state index contributed by atoms with van der Waals surface area (Å²) in [7, 11) is 2.06. The Balaban J connectivity index is 1.32. The molecule has 2 aromatic rings. The molecule has 3 amide bonds. The summed E-state index contributed by atoms with van der Waals surface area (Å²) in [5, 5.41) is 2.91. The molecule has 30 heavy (non-hydrogen) atoms. The van der Waals surface area contributed by atoms with E-state index < -0.39 is 0 Å². The highest BCUT2D eigenvalue weighted by molar-refractivity contribution is 9.10. The number of amides is 3. The highest BCUT2D eigenvalue weighted by atomic mass is 79.9. The van der Waals surface area contributed by atoms with Crippen molar-refractivity contribution in [1.82, 2.24) is 15.1 Å². The third-order valence-corrected chi connectivity index (χ3v) is 5.55. The first-order valence-corrected chi connectivity index (χ1v) is 10.9. The molecular weight excluding hydrogens is 446 g/mol. The number of imide groups is 1. The van der Waals surface area contributed by atoms with Crippen LogP contribution >= 0.6 is 15.9 Å². The molecule has 0 fully saturated rings. The molecule has 0 aromatic heterocycles. The Kier molecular flexibility index (Phi) is 7.76. The first-order chi connectivity index (χ1) is 14.5. The third-order valence-electron chi connectivity index (χ3n) is 5.05. The molecule has 7 heteroatoms. The lowest BCUT2D eigenvalue weighted by Crippen LogP contribution is -2.32. The van der Waals surface area contributed by atoms with Gasteiger partial charge in [-0.3, -0.25) is 19.3 Å². The van der Waals surface area contributed by atoms with E-state index >= 15 is 0 Å². The molecule has 1 aliphatic heterocycles. The summed E-state index contributed by atoms with van der Waals surface area (Å²) in [4.78, 5) is 40.3. The summed E-state index contributed by atoms with van der Waals surface area (Å²) in [6.45, 7) is 2.63. The molecule has 1 heterocycles. The van der Waals surface area contributed by atoms with Crippen LogP contribution in [0.15, 0.2) is 53.0 Å². The molecule has 6 nitrogen and oxygen atoms in total. The van der Waals surface area contributed by atoms with E-state index in [1.54, 1.807) is 18.2 Å². The molecule has 3 rings (SSSR count). The minimum absolute atomic E-state index is 0.0555. The van der Waals surface area contributed by atoms with E-state index in [1.807, 2.05) is 18.2 Å².